The molecule has 134 valence electrons. The predicted octanol–water partition coefficient (Wildman–Crippen LogP) is 2.86. The van der Waals surface area contributed by atoms with Gasteiger partial charge < -0.3 is 15.0 Å². The number of hydrogen-bond acceptors (Lipinski definition) is 6. The molecular formula is C17H21ClN4O2S. The Kier molecular flexibility index (Phi) is 7.49. The maximum atomic E-state index is 11.9. The lowest BCUT2D eigenvalue weighted by Gasteiger charge is -2.12. The molecule has 6 nitrogen and oxygen atoms in total. The fraction of sp³-hybridized carbons (Fsp3) is 0.353. The third-order valence-corrected chi connectivity index (χ3v) is 4.41. The highest BCUT2D eigenvalue weighted by Crippen LogP contribution is 2.24. The number of hydrogen-bond donors (Lipinski definition) is 1. The molecule has 0 aliphatic rings. The Morgan fingerprint density at radius 1 is 1.28 bits per heavy atom. The first kappa shape index (κ1) is 19.5. The van der Waals surface area contributed by atoms with E-state index >= 15 is 0 Å². The van der Waals surface area contributed by atoms with Crippen LogP contribution < -0.4 is 10.2 Å². The molecule has 2 aromatic rings. The van der Waals surface area contributed by atoms with Crippen LogP contribution in [0.3, 0.4) is 0 Å². The Morgan fingerprint density at radius 3 is 2.64 bits per heavy atom. The minimum absolute atomic E-state index is 0.106. The van der Waals surface area contributed by atoms with E-state index in [-0.39, 0.29) is 5.91 Å². The summed E-state index contributed by atoms with van der Waals surface area (Å²) in [5, 5.41) is 3.84. The van der Waals surface area contributed by atoms with E-state index in [2.05, 4.69) is 15.3 Å². The Hall–Kier alpha value is -1.83. The van der Waals surface area contributed by atoms with Gasteiger partial charge in [0.25, 0.3) is 5.91 Å². The van der Waals surface area contributed by atoms with Crippen LogP contribution in [0.2, 0.25) is 5.15 Å². The van der Waals surface area contributed by atoms with Gasteiger partial charge in [0.15, 0.2) is 5.16 Å². The predicted molar refractivity (Wildman–Crippen MR) is 102 cm³/mol. The Morgan fingerprint density at radius 2 is 2.00 bits per heavy atom. The molecule has 0 aliphatic carbocycles. The zero-order valence-corrected chi connectivity index (χ0v) is 16.0. The average molecular weight is 381 g/mol. The number of carbonyl (C=O) groups is 1. The zero-order valence-electron chi connectivity index (χ0n) is 14.5. The number of ether oxygens (including phenoxy) is 1. The van der Waals surface area contributed by atoms with Gasteiger partial charge in [-0.3, -0.25) is 4.79 Å². The molecular weight excluding hydrogens is 360 g/mol. The van der Waals surface area contributed by atoms with Crippen molar-refractivity contribution in [2.24, 2.45) is 0 Å². The highest BCUT2D eigenvalue weighted by atomic mass is 35.5. The fourth-order valence-electron chi connectivity index (χ4n) is 1.95. The lowest BCUT2D eigenvalue weighted by atomic mass is 10.1. The summed E-state index contributed by atoms with van der Waals surface area (Å²) in [6.45, 7) is 0.988. The number of thioether (sulfide) groups is 1. The van der Waals surface area contributed by atoms with Crippen molar-refractivity contribution in [2.75, 3.05) is 39.3 Å². The van der Waals surface area contributed by atoms with Gasteiger partial charge >= 0.3 is 0 Å². The summed E-state index contributed by atoms with van der Waals surface area (Å²) < 4.78 is 4.91. The number of anilines is 1. The first-order valence-electron chi connectivity index (χ1n) is 7.70. The molecule has 25 heavy (non-hydrogen) atoms. The molecule has 1 amide bonds. The summed E-state index contributed by atoms with van der Waals surface area (Å²) in [5.74, 6) is 1.36. The molecule has 0 atom stereocenters. The van der Waals surface area contributed by atoms with Crippen molar-refractivity contribution in [3.63, 3.8) is 0 Å². The van der Waals surface area contributed by atoms with E-state index in [1.165, 1.54) is 11.8 Å². The molecule has 1 aromatic carbocycles. The van der Waals surface area contributed by atoms with E-state index in [0.29, 0.717) is 34.8 Å². The number of aromatic nitrogens is 2. The van der Waals surface area contributed by atoms with Crippen LogP contribution in [0, 0.1) is 0 Å². The van der Waals surface area contributed by atoms with Gasteiger partial charge in [0.2, 0.25) is 0 Å². The number of benzene rings is 1. The van der Waals surface area contributed by atoms with E-state index in [1.807, 2.05) is 43.3 Å². The summed E-state index contributed by atoms with van der Waals surface area (Å²) in [5.41, 5.74) is 1.70. The molecule has 0 unspecified atom stereocenters. The lowest BCUT2D eigenvalue weighted by Crippen LogP contribution is -2.26. The van der Waals surface area contributed by atoms with E-state index in [1.54, 1.807) is 13.2 Å². The molecule has 0 spiro atoms. The molecule has 0 bridgehead atoms. The third kappa shape index (κ3) is 6.19. The molecule has 0 aliphatic heterocycles. The molecule has 0 fully saturated rings. The third-order valence-electron chi connectivity index (χ3n) is 3.29. The fourth-order valence-corrected chi connectivity index (χ4v) is 2.98. The largest absolute Gasteiger partial charge is 0.383 e. The second kappa shape index (κ2) is 9.60. The Bertz CT molecular complexity index is 710. The second-order valence-corrected chi connectivity index (χ2v) is 6.79. The van der Waals surface area contributed by atoms with E-state index in [4.69, 9.17) is 16.3 Å². The molecule has 2 rings (SSSR count). The first-order chi connectivity index (χ1) is 12.0. The standard InChI is InChI=1S/C17H21ClN4O2S/c1-22(2)15-10-14(18)20-17(21-15)25-11-12-4-6-13(7-5-12)16(23)19-8-9-24-3/h4-7,10H,8-9,11H2,1-3H3,(H,19,23). The number of nitrogens with zero attached hydrogens (tertiary/aromatic N) is 3. The highest BCUT2D eigenvalue weighted by Gasteiger charge is 2.08. The van der Waals surface area contributed by atoms with Crippen molar-refractivity contribution in [3.8, 4) is 0 Å². The van der Waals surface area contributed by atoms with Crippen LogP contribution in [-0.4, -0.2) is 50.2 Å². The minimum Gasteiger partial charge on any atom is -0.383 e. The van der Waals surface area contributed by atoms with Crippen LogP contribution in [0.15, 0.2) is 35.5 Å². The van der Waals surface area contributed by atoms with Crippen molar-refractivity contribution in [1.82, 2.24) is 15.3 Å². The second-order valence-electron chi connectivity index (χ2n) is 5.46. The topological polar surface area (TPSA) is 67.3 Å². The van der Waals surface area contributed by atoms with Crippen LogP contribution in [0.1, 0.15) is 15.9 Å². The lowest BCUT2D eigenvalue weighted by molar-refractivity contribution is 0.0937. The SMILES string of the molecule is COCCNC(=O)c1ccc(CSc2nc(Cl)cc(N(C)C)n2)cc1. The van der Waals surface area contributed by atoms with E-state index in [0.717, 1.165) is 11.4 Å². The molecule has 1 heterocycles. The smallest absolute Gasteiger partial charge is 0.251 e. The van der Waals surface area contributed by atoms with Gasteiger partial charge in [0.1, 0.15) is 11.0 Å². The van der Waals surface area contributed by atoms with Crippen LogP contribution in [0.25, 0.3) is 0 Å². The molecule has 8 heteroatoms. The monoisotopic (exact) mass is 380 g/mol. The van der Waals surface area contributed by atoms with Crippen molar-refractivity contribution >= 4 is 35.1 Å². The van der Waals surface area contributed by atoms with Gasteiger partial charge in [-0.25, -0.2) is 9.97 Å². The van der Waals surface area contributed by atoms with E-state index in [9.17, 15) is 4.79 Å². The molecule has 1 N–H and O–H groups in total. The maximum Gasteiger partial charge on any atom is 0.251 e. The van der Waals surface area contributed by atoms with Gasteiger partial charge in [-0.15, -0.1) is 0 Å². The van der Waals surface area contributed by atoms with Crippen molar-refractivity contribution in [2.45, 2.75) is 10.9 Å². The minimum atomic E-state index is -0.106. The van der Waals surface area contributed by atoms with Gasteiger partial charge in [0.05, 0.1) is 6.61 Å². The Labute approximate surface area is 156 Å². The average Bonchev–Trinajstić information content (AvgIpc) is 2.60. The van der Waals surface area contributed by atoms with Gasteiger partial charge in [-0.1, -0.05) is 35.5 Å². The van der Waals surface area contributed by atoms with Gasteiger partial charge in [-0.05, 0) is 17.7 Å². The van der Waals surface area contributed by atoms with Crippen molar-refractivity contribution < 1.29 is 9.53 Å². The summed E-state index contributed by atoms with van der Waals surface area (Å²) in [6, 6.07) is 9.19. The summed E-state index contributed by atoms with van der Waals surface area (Å²) >= 11 is 7.54. The maximum absolute atomic E-state index is 11.9. The number of carbonyl (C=O) groups excluding carboxylic acids is 1. The summed E-state index contributed by atoms with van der Waals surface area (Å²) in [6.07, 6.45) is 0. The van der Waals surface area contributed by atoms with Gasteiger partial charge in [-0.2, -0.15) is 0 Å². The van der Waals surface area contributed by atoms with Crippen LogP contribution in [0.4, 0.5) is 5.82 Å². The van der Waals surface area contributed by atoms with E-state index < -0.39 is 0 Å². The first-order valence-corrected chi connectivity index (χ1v) is 9.06. The number of amides is 1. The zero-order chi connectivity index (χ0) is 18.2. The normalized spacial score (nSPS) is 10.6. The summed E-state index contributed by atoms with van der Waals surface area (Å²) in [7, 11) is 5.41. The van der Waals surface area contributed by atoms with Crippen LogP contribution in [0.5, 0.6) is 0 Å². The number of rotatable bonds is 8. The van der Waals surface area contributed by atoms with Crippen molar-refractivity contribution in [3.05, 3.63) is 46.6 Å². The van der Waals surface area contributed by atoms with Crippen LogP contribution >= 0.6 is 23.4 Å². The summed E-state index contributed by atoms with van der Waals surface area (Å²) in [4.78, 5) is 22.5. The molecule has 1 aromatic heterocycles. The molecule has 0 saturated heterocycles. The number of methoxy groups -OCH3 is 1. The van der Waals surface area contributed by atoms with Crippen molar-refractivity contribution in [1.29, 1.82) is 0 Å². The number of nitrogens with one attached hydrogen (secondary N) is 1. The number of halogens is 1. The van der Waals surface area contributed by atoms with Gasteiger partial charge in [0, 0.05) is 45.1 Å². The Balaban J connectivity index is 1.94. The quantitative estimate of drug-likeness (QED) is 0.329. The molecule has 0 radical (unpaired) electrons. The molecule has 0 saturated carbocycles. The van der Waals surface area contributed by atoms with Crippen LogP contribution in [-0.2, 0) is 10.5 Å². The highest BCUT2D eigenvalue weighted by molar-refractivity contribution is 7.98.